The second-order valence-electron chi connectivity index (χ2n) is 4.51. The first kappa shape index (κ1) is 15.0. The van der Waals surface area contributed by atoms with Crippen LogP contribution >= 0.6 is 22.5 Å². The normalized spacial score (nSPS) is 10.9. The van der Waals surface area contributed by atoms with Crippen LogP contribution in [0.15, 0.2) is 48.8 Å². The molecular weight excluding hydrogens is 284 g/mol. The fourth-order valence-electron chi connectivity index (χ4n) is 1.77. The van der Waals surface area contributed by atoms with Gasteiger partial charge in [0, 0.05) is 30.1 Å². The lowest BCUT2D eigenvalue weighted by atomic mass is 10.1. The van der Waals surface area contributed by atoms with Gasteiger partial charge in [0.05, 0.1) is 0 Å². The van der Waals surface area contributed by atoms with Crippen LogP contribution in [-0.4, -0.2) is 12.3 Å². The summed E-state index contributed by atoms with van der Waals surface area (Å²) in [7, 11) is 3.57. The molecule has 0 saturated heterocycles. The van der Waals surface area contributed by atoms with Crippen LogP contribution in [0.2, 0.25) is 0 Å². The largest absolute Gasteiger partial charge is 0.384 e. The standard InChI is InChI=1S/C16H18N2S2/c1-18-11-8-15(9-12-18)3-2-14-4-6-16(7-5-14)17-10-13-20-19/h2-9,11-12,19H,10,13H2,1H3/p+1. The first-order valence-corrected chi connectivity index (χ1v) is 8.55. The van der Waals surface area contributed by atoms with Gasteiger partial charge in [-0.25, -0.2) is 4.57 Å². The minimum Gasteiger partial charge on any atom is -0.384 e. The van der Waals surface area contributed by atoms with Crippen molar-refractivity contribution in [2.45, 2.75) is 0 Å². The van der Waals surface area contributed by atoms with E-state index in [-0.39, 0.29) is 0 Å². The summed E-state index contributed by atoms with van der Waals surface area (Å²) in [4.78, 5) is 0. The van der Waals surface area contributed by atoms with Crippen LogP contribution in [0.25, 0.3) is 12.2 Å². The van der Waals surface area contributed by atoms with Crippen molar-refractivity contribution in [3.63, 3.8) is 0 Å². The fraction of sp³-hybridized carbons (Fsp3) is 0.188. The van der Waals surface area contributed by atoms with Gasteiger partial charge in [-0.15, -0.1) is 11.7 Å². The van der Waals surface area contributed by atoms with E-state index < -0.39 is 0 Å². The van der Waals surface area contributed by atoms with E-state index in [0.29, 0.717) is 0 Å². The van der Waals surface area contributed by atoms with Gasteiger partial charge in [0.15, 0.2) is 12.4 Å². The van der Waals surface area contributed by atoms with E-state index in [0.717, 1.165) is 18.0 Å². The maximum absolute atomic E-state index is 4.12. The highest BCUT2D eigenvalue weighted by Gasteiger charge is 1.93. The van der Waals surface area contributed by atoms with Gasteiger partial charge in [-0.3, -0.25) is 0 Å². The monoisotopic (exact) mass is 303 g/mol. The number of nitrogens with zero attached hydrogens (tertiary/aromatic N) is 1. The minimum atomic E-state index is 0.935. The molecule has 0 bridgehead atoms. The molecule has 4 heteroatoms. The lowest BCUT2D eigenvalue weighted by Gasteiger charge is -2.04. The number of benzene rings is 1. The molecule has 0 fully saturated rings. The second kappa shape index (κ2) is 8.02. The molecule has 0 atom stereocenters. The molecule has 0 radical (unpaired) electrons. The van der Waals surface area contributed by atoms with Crippen molar-refractivity contribution < 1.29 is 4.57 Å². The minimum absolute atomic E-state index is 0.935. The van der Waals surface area contributed by atoms with Crippen molar-refractivity contribution >= 4 is 40.3 Å². The number of hydrogen-bond donors (Lipinski definition) is 2. The van der Waals surface area contributed by atoms with Crippen molar-refractivity contribution in [3.8, 4) is 0 Å². The third-order valence-corrected chi connectivity index (χ3v) is 3.84. The number of aromatic nitrogens is 1. The van der Waals surface area contributed by atoms with E-state index in [1.165, 1.54) is 11.1 Å². The molecule has 2 aromatic rings. The van der Waals surface area contributed by atoms with Crippen molar-refractivity contribution in [1.82, 2.24) is 0 Å². The summed E-state index contributed by atoms with van der Waals surface area (Å²) in [5.41, 5.74) is 3.56. The number of thiol groups is 1. The Balaban J connectivity index is 1.94. The van der Waals surface area contributed by atoms with Crippen molar-refractivity contribution in [3.05, 3.63) is 59.9 Å². The predicted molar refractivity (Wildman–Crippen MR) is 92.9 cm³/mol. The highest BCUT2D eigenvalue weighted by molar-refractivity contribution is 8.68. The van der Waals surface area contributed by atoms with E-state index >= 15 is 0 Å². The van der Waals surface area contributed by atoms with E-state index in [1.807, 2.05) is 24.0 Å². The third kappa shape index (κ3) is 4.94. The zero-order valence-electron chi connectivity index (χ0n) is 11.5. The first-order valence-electron chi connectivity index (χ1n) is 6.51. The van der Waals surface area contributed by atoms with Gasteiger partial charge in [-0.1, -0.05) is 35.1 Å². The number of aryl methyl sites for hydroxylation is 1. The third-order valence-electron chi connectivity index (χ3n) is 2.91. The number of nitrogens with one attached hydrogen (secondary N) is 1. The number of rotatable bonds is 6. The lowest BCUT2D eigenvalue weighted by molar-refractivity contribution is -0.671. The van der Waals surface area contributed by atoms with Gasteiger partial charge < -0.3 is 5.32 Å². The van der Waals surface area contributed by atoms with E-state index in [4.69, 9.17) is 0 Å². The van der Waals surface area contributed by atoms with Crippen molar-refractivity contribution in [1.29, 1.82) is 0 Å². The molecular formula is C16H19N2S2+. The molecule has 0 aliphatic carbocycles. The first-order chi connectivity index (χ1) is 9.78. The van der Waals surface area contributed by atoms with Gasteiger partial charge in [0.1, 0.15) is 7.05 Å². The smallest absolute Gasteiger partial charge is 0.169 e. The molecule has 104 valence electrons. The van der Waals surface area contributed by atoms with E-state index in [2.05, 4.69) is 65.5 Å². The predicted octanol–water partition coefficient (Wildman–Crippen LogP) is 3.67. The number of anilines is 1. The molecule has 1 heterocycles. The lowest BCUT2D eigenvalue weighted by Crippen LogP contribution is -2.25. The topological polar surface area (TPSA) is 15.9 Å². The molecule has 0 aliphatic rings. The van der Waals surface area contributed by atoms with Gasteiger partial charge in [0.25, 0.3) is 0 Å². The molecule has 0 spiro atoms. The Morgan fingerprint density at radius 1 is 1.05 bits per heavy atom. The summed E-state index contributed by atoms with van der Waals surface area (Å²) in [6.07, 6.45) is 8.35. The maximum Gasteiger partial charge on any atom is 0.169 e. The number of pyridine rings is 1. The van der Waals surface area contributed by atoms with Crippen LogP contribution in [0.1, 0.15) is 11.1 Å². The Morgan fingerprint density at radius 3 is 2.25 bits per heavy atom. The fourth-order valence-corrected chi connectivity index (χ4v) is 2.24. The highest BCUT2D eigenvalue weighted by Crippen LogP contribution is 2.13. The van der Waals surface area contributed by atoms with Crippen LogP contribution in [-0.2, 0) is 7.05 Å². The summed E-state index contributed by atoms with van der Waals surface area (Å²) >= 11 is 4.12. The highest BCUT2D eigenvalue weighted by atomic mass is 33.1. The van der Waals surface area contributed by atoms with E-state index in [9.17, 15) is 0 Å². The molecule has 0 saturated carbocycles. The average molecular weight is 303 g/mol. The Hall–Kier alpha value is -1.39. The Labute approximate surface area is 129 Å². The zero-order valence-corrected chi connectivity index (χ0v) is 13.2. The average Bonchev–Trinajstić information content (AvgIpc) is 2.48. The summed E-state index contributed by atoms with van der Waals surface area (Å²) in [5.74, 6) is 0.996. The SMILES string of the molecule is C[n+]1ccc(/C=C/c2ccc(NCCSS)cc2)cc1. The van der Waals surface area contributed by atoms with Crippen LogP contribution in [0.5, 0.6) is 0 Å². The Bertz CT molecular complexity index is 548. The van der Waals surface area contributed by atoms with Gasteiger partial charge in [0.2, 0.25) is 0 Å². The van der Waals surface area contributed by atoms with E-state index in [1.54, 1.807) is 10.8 Å². The Morgan fingerprint density at radius 2 is 1.65 bits per heavy atom. The van der Waals surface area contributed by atoms with Crippen LogP contribution < -0.4 is 9.88 Å². The molecule has 0 aliphatic heterocycles. The summed E-state index contributed by atoms with van der Waals surface area (Å²) < 4.78 is 2.03. The maximum atomic E-state index is 4.12. The Kier molecular flexibility index (Phi) is 6.02. The molecule has 2 rings (SSSR count). The molecule has 20 heavy (non-hydrogen) atoms. The molecule has 2 nitrogen and oxygen atoms in total. The van der Waals surface area contributed by atoms with Gasteiger partial charge in [-0.2, -0.15) is 0 Å². The molecule has 1 aromatic carbocycles. The quantitative estimate of drug-likeness (QED) is 0.366. The summed E-state index contributed by atoms with van der Waals surface area (Å²) in [6.45, 7) is 0.935. The molecule has 1 N–H and O–H groups in total. The van der Waals surface area contributed by atoms with Crippen molar-refractivity contribution in [2.75, 3.05) is 17.6 Å². The molecule has 0 unspecified atom stereocenters. The zero-order chi connectivity index (χ0) is 14.2. The second-order valence-corrected chi connectivity index (χ2v) is 5.95. The summed E-state index contributed by atoms with van der Waals surface area (Å²) in [6, 6.07) is 12.6. The van der Waals surface area contributed by atoms with Crippen LogP contribution in [0.3, 0.4) is 0 Å². The van der Waals surface area contributed by atoms with Crippen molar-refractivity contribution in [2.24, 2.45) is 7.05 Å². The molecule has 0 amide bonds. The molecule has 1 aromatic heterocycles. The van der Waals surface area contributed by atoms with Crippen LogP contribution in [0.4, 0.5) is 5.69 Å². The van der Waals surface area contributed by atoms with Crippen LogP contribution in [0, 0.1) is 0 Å². The number of hydrogen-bond acceptors (Lipinski definition) is 3. The summed E-state index contributed by atoms with van der Waals surface area (Å²) in [5, 5.41) is 3.36. The van der Waals surface area contributed by atoms with Gasteiger partial charge >= 0.3 is 0 Å². The van der Waals surface area contributed by atoms with Gasteiger partial charge in [-0.05, 0) is 23.3 Å².